The lowest BCUT2D eigenvalue weighted by molar-refractivity contribution is -0.137. The van der Waals surface area contributed by atoms with Crippen LogP contribution in [-0.4, -0.2) is 23.9 Å². The fraction of sp³-hybridized carbons (Fsp3) is 0.429. The van der Waals surface area contributed by atoms with Gasteiger partial charge < -0.3 is 14.2 Å². The monoisotopic (exact) mass is 294 g/mol. The zero-order valence-corrected chi connectivity index (χ0v) is 12.4. The van der Waals surface area contributed by atoms with Crippen LogP contribution in [0.25, 0.3) is 0 Å². The Kier molecular flexibility index (Phi) is 3.93. The Bertz CT molecular complexity index is 565. The van der Waals surface area contributed by atoms with Gasteiger partial charge in [-0.2, -0.15) is 0 Å². The summed E-state index contributed by atoms with van der Waals surface area (Å²) in [4.78, 5) is 23.2. The van der Waals surface area contributed by atoms with Crippen LogP contribution >= 0.6 is 0 Å². The van der Waals surface area contributed by atoms with Crippen molar-refractivity contribution in [3.05, 3.63) is 23.8 Å². The van der Waals surface area contributed by atoms with E-state index in [2.05, 4.69) is 10.9 Å². The summed E-state index contributed by atoms with van der Waals surface area (Å²) in [5.41, 5.74) is 4.66. The van der Waals surface area contributed by atoms with Crippen molar-refractivity contribution in [1.82, 2.24) is 10.9 Å². The number of fused-ring (bicyclic) bond motifs is 1. The lowest BCUT2D eigenvalue weighted by Crippen LogP contribution is -2.50. The molecule has 7 heteroatoms. The molecule has 0 aliphatic carbocycles. The van der Waals surface area contributed by atoms with Crippen LogP contribution in [0.4, 0.5) is 4.79 Å². The fourth-order valence-corrected chi connectivity index (χ4v) is 1.64. The molecule has 2 rings (SSSR count). The number of hydrazine groups is 1. The molecule has 1 aromatic carbocycles. The number of carbonyl (C=O) groups is 2. The third kappa shape index (κ3) is 4.01. The third-order valence-corrected chi connectivity index (χ3v) is 2.47. The lowest BCUT2D eigenvalue weighted by atomic mass is 10.2. The molecule has 1 aromatic rings. The number of hydrogen-bond donors (Lipinski definition) is 2. The largest absolute Gasteiger partial charge is 0.443 e. The maximum Gasteiger partial charge on any atom is 0.426 e. The van der Waals surface area contributed by atoms with E-state index in [-0.39, 0.29) is 0 Å². The first-order valence-electron chi connectivity index (χ1n) is 6.47. The molecule has 1 aliphatic heterocycles. The van der Waals surface area contributed by atoms with Crippen molar-refractivity contribution in [2.75, 3.05) is 0 Å². The normalized spacial score (nSPS) is 16.3. The minimum Gasteiger partial charge on any atom is -0.443 e. The molecular weight excluding hydrogens is 276 g/mol. The molecule has 0 saturated carbocycles. The molecule has 1 aliphatic rings. The van der Waals surface area contributed by atoms with Gasteiger partial charge in [-0.25, -0.2) is 10.2 Å². The average molecular weight is 294 g/mol. The van der Waals surface area contributed by atoms with Crippen LogP contribution in [0.2, 0.25) is 0 Å². The van der Waals surface area contributed by atoms with Crippen molar-refractivity contribution in [3.63, 3.8) is 0 Å². The summed E-state index contributed by atoms with van der Waals surface area (Å²) in [6.45, 7) is 7.06. The molecule has 114 valence electrons. The van der Waals surface area contributed by atoms with Crippen molar-refractivity contribution < 1.29 is 23.8 Å². The maximum atomic E-state index is 11.8. The molecule has 1 unspecified atom stereocenters. The molecule has 1 heterocycles. The fourth-order valence-electron chi connectivity index (χ4n) is 1.64. The Morgan fingerprint density at radius 1 is 1.14 bits per heavy atom. The second kappa shape index (κ2) is 5.51. The Hall–Kier alpha value is -2.44. The zero-order chi connectivity index (χ0) is 15.6. The van der Waals surface area contributed by atoms with E-state index < -0.39 is 23.9 Å². The SMILES string of the molecule is Cc1ccc2c(c1)OC(C(=O)NNC(=O)OC(C)(C)C)O2. The average Bonchev–Trinajstić information content (AvgIpc) is 2.76. The highest BCUT2D eigenvalue weighted by atomic mass is 16.7. The van der Waals surface area contributed by atoms with Gasteiger partial charge >= 0.3 is 18.3 Å². The van der Waals surface area contributed by atoms with E-state index in [4.69, 9.17) is 14.2 Å². The molecule has 2 amide bonds. The summed E-state index contributed by atoms with van der Waals surface area (Å²) in [5, 5.41) is 0. The van der Waals surface area contributed by atoms with Gasteiger partial charge in [-0.1, -0.05) is 6.07 Å². The van der Waals surface area contributed by atoms with Crippen molar-refractivity contribution in [1.29, 1.82) is 0 Å². The highest BCUT2D eigenvalue weighted by Crippen LogP contribution is 2.35. The smallest absolute Gasteiger partial charge is 0.426 e. The van der Waals surface area contributed by atoms with Gasteiger partial charge in [0, 0.05) is 0 Å². The van der Waals surface area contributed by atoms with Crippen LogP contribution in [0.15, 0.2) is 18.2 Å². The highest BCUT2D eigenvalue weighted by Gasteiger charge is 2.31. The van der Waals surface area contributed by atoms with E-state index in [1.807, 2.05) is 13.0 Å². The number of hydrogen-bond acceptors (Lipinski definition) is 5. The van der Waals surface area contributed by atoms with E-state index in [9.17, 15) is 9.59 Å². The molecule has 0 radical (unpaired) electrons. The van der Waals surface area contributed by atoms with Crippen LogP contribution < -0.4 is 20.3 Å². The van der Waals surface area contributed by atoms with Crippen molar-refractivity contribution in [2.45, 2.75) is 39.6 Å². The van der Waals surface area contributed by atoms with Crippen LogP contribution in [-0.2, 0) is 9.53 Å². The van der Waals surface area contributed by atoms with Crippen molar-refractivity contribution >= 4 is 12.0 Å². The van der Waals surface area contributed by atoms with Gasteiger partial charge in [0.05, 0.1) is 0 Å². The first kappa shape index (κ1) is 15.0. The first-order valence-corrected chi connectivity index (χ1v) is 6.47. The number of benzene rings is 1. The Morgan fingerprint density at radius 3 is 2.48 bits per heavy atom. The summed E-state index contributed by atoms with van der Waals surface area (Å²) in [6.07, 6.45) is -1.90. The second-order valence-corrected chi connectivity index (χ2v) is 5.63. The molecule has 21 heavy (non-hydrogen) atoms. The summed E-state index contributed by atoms with van der Waals surface area (Å²) in [6, 6.07) is 5.34. The number of amides is 2. The molecular formula is C14H18N2O5. The van der Waals surface area contributed by atoms with Gasteiger partial charge in [0.25, 0.3) is 0 Å². The van der Waals surface area contributed by atoms with E-state index in [1.165, 1.54) is 0 Å². The van der Waals surface area contributed by atoms with Crippen molar-refractivity contribution in [2.24, 2.45) is 0 Å². The molecule has 0 fully saturated rings. The molecule has 2 N–H and O–H groups in total. The van der Waals surface area contributed by atoms with Crippen LogP contribution in [0.5, 0.6) is 11.5 Å². The minimum absolute atomic E-state index is 0.484. The number of ether oxygens (including phenoxy) is 3. The van der Waals surface area contributed by atoms with E-state index >= 15 is 0 Å². The molecule has 0 saturated heterocycles. The molecule has 1 atom stereocenters. The van der Waals surface area contributed by atoms with Crippen LogP contribution in [0.1, 0.15) is 26.3 Å². The quantitative estimate of drug-likeness (QED) is 0.769. The lowest BCUT2D eigenvalue weighted by Gasteiger charge is -2.20. The van der Waals surface area contributed by atoms with E-state index in [0.29, 0.717) is 11.5 Å². The Balaban J connectivity index is 1.85. The summed E-state index contributed by atoms with van der Waals surface area (Å²) in [7, 11) is 0. The predicted octanol–water partition coefficient (Wildman–Crippen LogP) is 1.65. The number of carbonyl (C=O) groups excluding carboxylic acids is 2. The molecule has 7 nitrogen and oxygen atoms in total. The number of rotatable bonds is 1. The van der Waals surface area contributed by atoms with Gasteiger partial charge in [-0.05, 0) is 45.4 Å². The Morgan fingerprint density at radius 2 is 1.81 bits per heavy atom. The maximum absolute atomic E-state index is 11.8. The first-order chi connectivity index (χ1) is 9.74. The minimum atomic E-state index is -1.14. The van der Waals surface area contributed by atoms with Gasteiger partial charge in [-0.3, -0.25) is 10.2 Å². The topological polar surface area (TPSA) is 85.9 Å². The molecule has 0 bridgehead atoms. The van der Waals surface area contributed by atoms with Gasteiger partial charge in [0.2, 0.25) is 0 Å². The van der Waals surface area contributed by atoms with Crippen LogP contribution in [0, 0.1) is 6.92 Å². The standard InChI is InChI=1S/C14H18N2O5/c1-8-5-6-9-10(7-8)20-12(19-9)11(17)15-16-13(18)21-14(2,3)4/h5-7,12H,1-4H3,(H,15,17)(H,16,18). The zero-order valence-electron chi connectivity index (χ0n) is 12.4. The predicted molar refractivity (Wildman–Crippen MR) is 73.7 cm³/mol. The van der Waals surface area contributed by atoms with Crippen molar-refractivity contribution in [3.8, 4) is 11.5 Å². The van der Waals surface area contributed by atoms with Gasteiger partial charge in [-0.15, -0.1) is 0 Å². The summed E-state index contributed by atoms with van der Waals surface area (Å²) >= 11 is 0. The second-order valence-electron chi connectivity index (χ2n) is 5.63. The Labute approximate surface area is 122 Å². The van der Waals surface area contributed by atoms with Gasteiger partial charge in [0.15, 0.2) is 11.5 Å². The molecule has 0 spiro atoms. The number of nitrogens with one attached hydrogen (secondary N) is 2. The van der Waals surface area contributed by atoms with Crippen LogP contribution in [0.3, 0.4) is 0 Å². The van der Waals surface area contributed by atoms with E-state index in [0.717, 1.165) is 5.56 Å². The summed E-state index contributed by atoms with van der Waals surface area (Å²) in [5.74, 6) is 0.347. The molecule has 0 aromatic heterocycles. The summed E-state index contributed by atoms with van der Waals surface area (Å²) < 4.78 is 15.7. The van der Waals surface area contributed by atoms with Gasteiger partial charge in [0.1, 0.15) is 5.60 Å². The number of aryl methyl sites for hydroxylation is 1. The van der Waals surface area contributed by atoms with E-state index in [1.54, 1.807) is 32.9 Å². The highest BCUT2D eigenvalue weighted by molar-refractivity contribution is 5.83. The third-order valence-electron chi connectivity index (χ3n) is 2.47.